The molecule has 5 heteroatoms. The predicted octanol–water partition coefficient (Wildman–Crippen LogP) is 2.51. The maximum absolute atomic E-state index is 4.48. The molecule has 0 unspecified atom stereocenters. The molecule has 1 aliphatic carbocycles. The summed E-state index contributed by atoms with van der Waals surface area (Å²) in [7, 11) is 0. The molecule has 5 nitrogen and oxygen atoms in total. The Bertz CT molecular complexity index is 584. The second kappa shape index (κ2) is 4.18. The van der Waals surface area contributed by atoms with Crippen molar-refractivity contribution in [2.45, 2.75) is 38.5 Å². The third kappa shape index (κ3) is 1.79. The molecule has 4 rings (SSSR count). The summed E-state index contributed by atoms with van der Waals surface area (Å²) in [5.41, 5.74) is 2.31. The molecule has 1 N–H and O–H groups in total. The van der Waals surface area contributed by atoms with Crippen LogP contribution in [0.2, 0.25) is 0 Å². The second-order valence-electron chi connectivity index (χ2n) is 6.03. The lowest BCUT2D eigenvalue weighted by atomic mass is 9.73. The van der Waals surface area contributed by atoms with Crippen molar-refractivity contribution in [3.05, 3.63) is 12.7 Å². The first-order chi connectivity index (χ1) is 9.36. The van der Waals surface area contributed by atoms with Gasteiger partial charge in [0.05, 0.1) is 6.33 Å². The summed E-state index contributed by atoms with van der Waals surface area (Å²) < 4.78 is 0. The SMILES string of the molecule is c1nc(N2CCC3(CCCCC3)C2)c2[nH]cnc2n1. The van der Waals surface area contributed by atoms with E-state index >= 15 is 0 Å². The predicted molar refractivity (Wildman–Crippen MR) is 74.0 cm³/mol. The summed E-state index contributed by atoms with van der Waals surface area (Å²) in [5, 5.41) is 0. The molecule has 1 aliphatic heterocycles. The van der Waals surface area contributed by atoms with Crippen molar-refractivity contribution in [2.75, 3.05) is 18.0 Å². The Morgan fingerprint density at radius 2 is 1.95 bits per heavy atom. The van der Waals surface area contributed by atoms with Crippen LogP contribution < -0.4 is 4.90 Å². The lowest BCUT2D eigenvalue weighted by Gasteiger charge is -2.33. The van der Waals surface area contributed by atoms with Gasteiger partial charge in [0.15, 0.2) is 11.5 Å². The number of imidazole rings is 1. The molecule has 1 spiro atoms. The van der Waals surface area contributed by atoms with E-state index in [1.165, 1.54) is 38.5 Å². The number of aromatic amines is 1. The Labute approximate surface area is 112 Å². The monoisotopic (exact) mass is 257 g/mol. The summed E-state index contributed by atoms with van der Waals surface area (Å²) >= 11 is 0. The van der Waals surface area contributed by atoms with E-state index in [9.17, 15) is 0 Å². The molecule has 0 radical (unpaired) electrons. The zero-order valence-electron chi connectivity index (χ0n) is 11.1. The Hall–Kier alpha value is -1.65. The van der Waals surface area contributed by atoms with Crippen LogP contribution in [0.5, 0.6) is 0 Å². The first kappa shape index (κ1) is 11.2. The lowest BCUT2D eigenvalue weighted by molar-refractivity contribution is 0.219. The van der Waals surface area contributed by atoms with Crippen LogP contribution in [0.3, 0.4) is 0 Å². The van der Waals surface area contributed by atoms with Crippen LogP contribution in [0.4, 0.5) is 5.82 Å². The maximum Gasteiger partial charge on any atom is 0.182 e. The minimum Gasteiger partial charge on any atom is -0.354 e. The van der Waals surface area contributed by atoms with Crippen LogP contribution >= 0.6 is 0 Å². The van der Waals surface area contributed by atoms with E-state index in [1.54, 1.807) is 12.7 Å². The number of nitrogens with one attached hydrogen (secondary N) is 1. The van der Waals surface area contributed by atoms with Crippen molar-refractivity contribution in [1.29, 1.82) is 0 Å². The quantitative estimate of drug-likeness (QED) is 0.852. The largest absolute Gasteiger partial charge is 0.354 e. The molecule has 1 saturated heterocycles. The second-order valence-corrected chi connectivity index (χ2v) is 6.03. The number of rotatable bonds is 1. The van der Waals surface area contributed by atoms with E-state index in [-0.39, 0.29) is 0 Å². The number of hydrogen-bond acceptors (Lipinski definition) is 4. The molecule has 100 valence electrons. The number of anilines is 1. The van der Waals surface area contributed by atoms with E-state index in [0.717, 1.165) is 30.1 Å². The third-order valence-corrected chi connectivity index (χ3v) is 4.86. The molecule has 2 aromatic heterocycles. The Balaban J connectivity index is 1.65. The normalized spacial score (nSPS) is 22.4. The lowest BCUT2D eigenvalue weighted by Crippen LogP contribution is -2.29. The molecular weight excluding hydrogens is 238 g/mol. The number of H-pyrrole nitrogens is 1. The minimum absolute atomic E-state index is 0.551. The van der Waals surface area contributed by atoms with E-state index < -0.39 is 0 Å². The van der Waals surface area contributed by atoms with Crippen molar-refractivity contribution >= 4 is 17.0 Å². The molecule has 2 aliphatic rings. The van der Waals surface area contributed by atoms with Crippen molar-refractivity contribution in [1.82, 2.24) is 19.9 Å². The summed E-state index contributed by atoms with van der Waals surface area (Å²) in [6.45, 7) is 2.27. The molecule has 0 atom stereocenters. The standard InChI is InChI=1S/C14H19N5/c1-2-4-14(5-3-1)6-7-19(8-14)13-11-12(16-9-15-11)17-10-18-13/h9-10H,1-8H2,(H,15,16,17,18). The third-order valence-electron chi connectivity index (χ3n) is 4.86. The van der Waals surface area contributed by atoms with Crippen molar-refractivity contribution in [2.24, 2.45) is 5.41 Å². The van der Waals surface area contributed by atoms with Gasteiger partial charge >= 0.3 is 0 Å². The highest BCUT2D eigenvalue weighted by Crippen LogP contribution is 2.44. The minimum atomic E-state index is 0.551. The van der Waals surface area contributed by atoms with Gasteiger partial charge in [0, 0.05) is 13.1 Å². The van der Waals surface area contributed by atoms with Gasteiger partial charge in [0.2, 0.25) is 0 Å². The fourth-order valence-corrected chi connectivity index (χ4v) is 3.82. The first-order valence-corrected chi connectivity index (χ1v) is 7.25. The van der Waals surface area contributed by atoms with Gasteiger partial charge in [-0.1, -0.05) is 19.3 Å². The van der Waals surface area contributed by atoms with Gasteiger partial charge in [0.1, 0.15) is 11.8 Å². The number of nitrogens with zero attached hydrogens (tertiary/aromatic N) is 4. The maximum atomic E-state index is 4.48. The van der Waals surface area contributed by atoms with E-state index in [4.69, 9.17) is 0 Å². The summed E-state index contributed by atoms with van der Waals surface area (Å²) in [5.74, 6) is 1.03. The molecule has 2 fully saturated rings. The van der Waals surface area contributed by atoms with Gasteiger partial charge in [0.25, 0.3) is 0 Å². The molecule has 3 heterocycles. The van der Waals surface area contributed by atoms with Gasteiger partial charge in [-0.05, 0) is 24.7 Å². The van der Waals surface area contributed by atoms with Gasteiger partial charge in [-0.3, -0.25) is 0 Å². The van der Waals surface area contributed by atoms with Crippen molar-refractivity contribution in [3.8, 4) is 0 Å². The first-order valence-electron chi connectivity index (χ1n) is 7.25. The van der Waals surface area contributed by atoms with Crippen molar-refractivity contribution < 1.29 is 0 Å². The van der Waals surface area contributed by atoms with Crippen LogP contribution in [0.1, 0.15) is 38.5 Å². The van der Waals surface area contributed by atoms with Gasteiger partial charge in [-0.15, -0.1) is 0 Å². The summed E-state index contributed by atoms with van der Waals surface area (Å²) in [6, 6.07) is 0. The number of aromatic nitrogens is 4. The highest BCUT2D eigenvalue weighted by Gasteiger charge is 2.39. The Morgan fingerprint density at radius 3 is 2.84 bits per heavy atom. The molecule has 0 aromatic carbocycles. The van der Waals surface area contributed by atoms with E-state index in [0.29, 0.717) is 5.41 Å². The molecule has 0 bridgehead atoms. The molecule has 2 aromatic rings. The zero-order chi connectivity index (χ0) is 12.7. The fourth-order valence-electron chi connectivity index (χ4n) is 3.82. The molecule has 1 saturated carbocycles. The number of fused-ring (bicyclic) bond motifs is 1. The highest BCUT2D eigenvalue weighted by molar-refractivity contribution is 5.82. The molecule has 19 heavy (non-hydrogen) atoms. The van der Waals surface area contributed by atoms with Crippen LogP contribution in [-0.4, -0.2) is 33.0 Å². The van der Waals surface area contributed by atoms with Crippen LogP contribution in [0.15, 0.2) is 12.7 Å². The Kier molecular flexibility index (Phi) is 2.47. The van der Waals surface area contributed by atoms with E-state index in [1.807, 2.05) is 0 Å². The van der Waals surface area contributed by atoms with Crippen molar-refractivity contribution in [3.63, 3.8) is 0 Å². The van der Waals surface area contributed by atoms with Gasteiger partial charge in [-0.2, -0.15) is 0 Å². The average Bonchev–Trinajstić information content (AvgIpc) is 3.06. The fraction of sp³-hybridized carbons (Fsp3) is 0.643. The zero-order valence-corrected chi connectivity index (χ0v) is 11.1. The van der Waals surface area contributed by atoms with Gasteiger partial charge < -0.3 is 9.88 Å². The molecule has 0 amide bonds. The Morgan fingerprint density at radius 1 is 1.05 bits per heavy atom. The summed E-state index contributed by atoms with van der Waals surface area (Å²) in [4.78, 5) is 18.5. The number of hydrogen-bond donors (Lipinski definition) is 1. The smallest absolute Gasteiger partial charge is 0.182 e. The van der Waals surface area contributed by atoms with Crippen LogP contribution in [0, 0.1) is 5.41 Å². The summed E-state index contributed by atoms with van der Waals surface area (Å²) in [6.07, 6.45) is 11.6. The van der Waals surface area contributed by atoms with Crippen LogP contribution in [-0.2, 0) is 0 Å². The average molecular weight is 257 g/mol. The molecular formula is C14H19N5. The topological polar surface area (TPSA) is 57.7 Å². The van der Waals surface area contributed by atoms with E-state index in [2.05, 4.69) is 24.8 Å². The van der Waals surface area contributed by atoms with Crippen LogP contribution in [0.25, 0.3) is 11.2 Å². The van der Waals surface area contributed by atoms with Gasteiger partial charge in [-0.25, -0.2) is 15.0 Å². The highest BCUT2D eigenvalue weighted by atomic mass is 15.2.